The van der Waals surface area contributed by atoms with Crippen LogP contribution in [0.4, 0.5) is 0 Å². The summed E-state index contributed by atoms with van der Waals surface area (Å²) in [6.45, 7) is 5.85. The van der Waals surface area contributed by atoms with Gasteiger partial charge in [-0.1, -0.05) is 17.2 Å². The molecule has 0 aliphatic carbocycles. The molecule has 0 atom stereocenters. The Hall–Kier alpha value is -1.05. The summed E-state index contributed by atoms with van der Waals surface area (Å²) < 4.78 is 0. The summed E-state index contributed by atoms with van der Waals surface area (Å²) in [6.07, 6.45) is 4.93. The van der Waals surface area contributed by atoms with Gasteiger partial charge in [-0.2, -0.15) is 0 Å². The molecule has 0 bridgehead atoms. The second kappa shape index (κ2) is 5.58. The molecule has 0 saturated carbocycles. The van der Waals surface area contributed by atoms with Crippen LogP contribution in [0.25, 0.3) is 0 Å². The minimum absolute atomic E-state index is 0.791. The normalized spacial score (nSPS) is 11.1. The van der Waals surface area contributed by atoms with Crippen LogP contribution in [0.5, 0.6) is 0 Å². The molecule has 0 aromatic heterocycles. The van der Waals surface area contributed by atoms with Crippen molar-refractivity contribution in [3.05, 3.63) is 23.3 Å². The van der Waals surface area contributed by atoms with E-state index in [1.165, 1.54) is 5.57 Å². The van der Waals surface area contributed by atoms with Gasteiger partial charge < -0.3 is 9.90 Å². The van der Waals surface area contributed by atoms with Gasteiger partial charge in [-0.3, -0.25) is 0 Å². The Labute approximate surface area is 73.6 Å². The molecule has 0 radical (unpaired) electrons. The number of carbonyl (C=O) groups excluding carboxylic acids is 1. The first-order valence-corrected chi connectivity index (χ1v) is 4.04. The van der Waals surface area contributed by atoms with Gasteiger partial charge in [-0.15, -0.1) is 0 Å². The average Bonchev–Trinajstić information content (AvgIpc) is 1.84. The lowest BCUT2D eigenvalue weighted by atomic mass is 10.1. The van der Waals surface area contributed by atoms with Gasteiger partial charge in [-0.25, -0.2) is 0 Å². The van der Waals surface area contributed by atoms with E-state index in [1.807, 2.05) is 13.8 Å². The van der Waals surface area contributed by atoms with Crippen molar-refractivity contribution in [1.29, 1.82) is 0 Å². The van der Waals surface area contributed by atoms with Crippen LogP contribution in [0.3, 0.4) is 0 Å². The predicted octanol–water partition coefficient (Wildman–Crippen LogP) is 1.43. The van der Waals surface area contributed by atoms with E-state index in [-0.39, 0.29) is 0 Å². The van der Waals surface area contributed by atoms with Gasteiger partial charge in [-0.05, 0) is 39.7 Å². The number of aliphatic carboxylic acids is 1. The first-order chi connectivity index (χ1) is 5.52. The molecule has 0 amide bonds. The summed E-state index contributed by atoms with van der Waals surface area (Å²) in [7, 11) is 0. The highest BCUT2D eigenvalue weighted by Gasteiger charge is 1.88. The smallest absolute Gasteiger partial charge is 0.0642 e. The summed E-state index contributed by atoms with van der Waals surface area (Å²) in [5, 5.41) is 10.1. The van der Waals surface area contributed by atoms with Crippen molar-refractivity contribution in [3.8, 4) is 0 Å². The lowest BCUT2D eigenvalue weighted by Crippen LogP contribution is -2.19. The quantitative estimate of drug-likeness (QED) is 0.469. The van der Waals surface area contributed by atoms with Crippen LogP contribution in [0.2, 0.25) is 0 Å². The topological polar surface area (TPSA) is 40.1 Å². The van der Waals surface area contributed by atoms with E-state index in [4.69, 9.17) is 0 Å². The summed E-state index contributed by atoms with van der Waals surface area (Å²) in [4.78, 5) is 10.1. The SMILES string of the molecule is CC(C)=CCCC(C)=CC(=O)[O-]. The highest BCUT2D eigenvalue weighted by Crippen LogP contribution is 2.05. The van der Waals surface area contributed by atoms with Crippen molar-refractivity contribution in [3.63, 3.8) is 0 Å². The molecule has 0 fully saturated rings. The lowest BCUT2D eigenvalue weighted by Gasteiger charge is -1.99. The zero-order valence-electron chi connectivity index (χ0n) is 7.89. The molecular weight excluding hydrogens is 152 g/mol. The third kappa shape index (κ3) is 7.06. The monoisotopic (exact) mass is 167 g/mol. The molecule has 0 aliphatic heterocycles. The maximum Gasteiger partial charge on any atom is 0.0642 e. The Kier molecular flexibility index (Phi) is 5.09. The van der Waals surface area contributed by atoms with Gasteiger partial charge in [0.15, 0.2) is 0 Å². The zero-order chi connectivity index (χ0) is 9.56. The highest BCUT2D eigenvalue weighted by atomic mass is 16.4. The Balaban J connectivity index is 3.79. The Morgan fingerprint density at radius 1 is 1.33 bits per heavy atom. The van der Waals surface area contributed by atoms with Gasteiger partial charge in [0.1, 0.15) is 0 Å². The van der Waals surface area contributed by atoms with Crippen LogP contribution >= 0.6 is 0 Å². The molecule has 0 aromatic carbocycles. The van der Waals surface area contributed by atoms with Crippen LogP contribution in [0.1, 0.15) is 33.6 Å². The van der Waals surface area contributed by atoms with Crippen LogP contribution in [-0.4, -0.2) is 5.97 Å². The predicted molar refractivity (Wildman–Crippen MR) is 47.4 cm³/mol. The van der Waals surface area contributed by atoms with Crippen molar-refractivity contribution >= 4 is 5.97 Å². The second-order valence-electron chi connectivity index (χ2n) is 3.13. The van der Waals surface area contributed by atoms with Gasteiger partial charge in [0, 0.05) is 0 Å². The van der Waals surface area contributed by atoms with E-state index in [0.717, 1.165) is 24.5 Å². The minimum Gasteiger partial charge on any atom is -0.545 e. The maximum atomic E-state index is 10.1. The van der Waals surface area contributed by atoms with Crippen LogP contribution in [0, 0.1) is 0 Å². The molecule has 0 spiro atoms. The number of hydrogen-bond donors (Lipinski definition) is 0. The number of carboxylic acids is 1. The van der Waals surface area contributed by atoms with Crippen LogP contribution in [-0.2, 0) is 4.79 Å². The molecule has 0 unspecified atom stereocenters. The molecule has 0 heterocycles. The Morgan fingerprint density at radius 3 is 2.33 bits per heavy atom. The molecule has 0 aliphatic rings. The standard InChI is InChI=1S/C10H16O2/c1-8(2)5-4-6-9(3)7-10(11)12/h5,7H,4,6H2,1-3H3,(H,11,12)/p-1. The molecule has 2 nitrogen and oxygen atoms in total. The molecule has 68 valence electrons. The van der Waals surface area contributed by atoms with Crippen molar-refractivity contribution < 1.29 is 9.90 Å². The van der Waals surface area contributed by atoms with E-state index in [9.17, 15) is 9.90 Å². The number of carboxylic acid groups (broad SMARTS) is 1. The maximum absolute atomic E-state index is 10.1. The largest absolute Gasteiger partial charge is 0.545 e. The third-order valence-electron chi connectivity index (χ3n) is 1.46. The van der Waals surface area contributed by atoms with E-state index in [0.29, 0.717) is 0 Å². The average molecular weight is 167 g/mol. The molecule has 2 heteroatoms. The number of hydrogen-bond acceptors (Lipinski definition) is 2. The fourth-order valence-electron chi connectivity index (χ4n) is 0.862. The van der Waals surface area contributed by atoms with Crippen molar-refractivity contribution in [2.24, 2.45) is 0 Å². The number of carbonyl (C=O) groups is 1. The molecule has 12 heavy (non-hydrogen) atoms. The van der Waals surface area contributed by atoms with Crippen molar-refractivity contribution in [2.45, 2.75) is 33.6 Å². The summed E-state index contributed by atoms with van der Waals surface area (Å²) >= 11 is 0. The molecule has 0 rings (SSSR count). The van der Waals surface area contributed by atoms with Gasteiger partial charge in [0.2, 0.25) is 0 Å². The highest BCUT2D eigenvalue weighted by molar-refractivity contribution is 5.78. The lowest BCUT2D eigenvalue weighted by molar-refractivity contribution is -0.297. The van der Waals surface area contributed by atoms with Gasteiger partial charge in [0.05, 0.1) is 5.97 Å². The Bertz CT molecular complexity index is 208. The van der Waals surface area contributed by atoms with Crippen molar-refractivity contribution in [1.82, 2.24) is 0 Å². The van der Waals surface area contributed by atoms with Crippen LogP contribution in [0.15, 0.2) is 23.3 Å². The van der Waals surface area contributed by atoms with Gasteiger partial charge in [0.25, 0.3) is 0 Å². The minimum atomic E-state index is -1.11. The van der Waals surface area contributed by atoms with Gasteiger partial charge >= 0.3 is 0 Å². The van der Waals surface area contributed by atoms with Crippen LogP contribution < -0.4 is 5.11 Å². The summed E-state index contributed by atoms with van der Waals surface area (Å²) in [5.74, 6) is -1.11. The summed E-state index contributed by atoms with van der Waals surface area (Å²) in [5.41, 5.74) is 2.11. The molecular formula is C10H15O2-. The summed E-state index contributed by atoms with van der Waals surface area (Å²) in [6, 6.07) is 0. The van der Waals surface area contributed by atoms with E-state index in [2.05, 4.69) is 6.08 Å². The molecule has 0 aromatic rings. The number of rotatable bonds is 4. The fourth-order valence-corrected chi connectivity index (χ4v) is 0.862. The number of allylic oxidation sites excluding steroid dienone is 3. The molecule has 0 saturated heterocycles. The second-order valence-corrected chi connectivity index (χ2v) is 3.13. The van der Waals surface area contributed by atoms with E-state index < -0.39 is 5.97 Å². The fraction of sp³-hybridized carbons (Fsp3) is 0.500. The first kappa shape index (κ1) is 11.0. The molecule has 0 N–H and O–H groups in total. The third-order valence-corrected chi connectivity index (χ3v) is 1.46. The van der Waals surface area contributed by atoms with Crippen molar-refractivity contribution in [2.75, 3.05) is 0 Å². The Morgan fingerprint density at radius 2 is 1.92 bits per heavy atom. The van der Waals surface area contributed by atoms with E-state index >= 15 is 0 Å². The van der Waals surface area contributed by atoms with E-state index in [1.54, 1.807) is 6.92 Å². The zero-order valence-corrected chi connectivity index (χ0v) is 7.89. The first-order valence-electron chi connectivity index (χ1n) is 4.04.